The summed E-state index contributed by atoms with van der Waals surface area (Å²) < 4.78 is 41.5. The molecule has 3 unspecified atom stereocenters. The van der Waals surface area contributed by atoms with Crippen LogP contribution in [0, 0.1) is 0 Å². The molecule has 3 atom stereocenters. The number of fused-ring (bicyclic) bond motifs is 2. The third-order valence-corrected chi connectivity index (χ3v) is 3.31. The number of hydrogen-bond acceptors (Lipinski definition) is 4. The van der Waals surface area contributed by atoms with Gasteiger partial charge < -0.3 is 9.84 Å². The highest BCUT2D eigenvalue weighted by Crippen LogP contribution is 2.40. The van der Waals surface area contributed by atoms with E-state index in [1.165, 1.54) is 0 Å². The first-order valence-electron chi connectivity index (χ1n) is 5.21. The fourth-order valence-corrected chi connectivity index (χ4v) is 2.60. The summed E-state index contributed by atoms with van der Waals surface area (Å²) in [5.74, 6) is -1.11. The molecule has 1 aromatic rings. The molecule has 2 bridgehead atoms. The summed E-state index contributed by atoms with van der Waals surface area (Å²) in [4.78, 5) is 3.44. The summed E-state index contributed by atoms with van der Waals surface area (Å²) >= 11 is 0. The molecule has 7 heteroatoms. The topological polar surface area (TPSA) is 51.0 Å². The van der Waals surface area contributed by atoms with Gasteiger partial charge in [-0.1, -0.05) is 5.16 Å². The molecule has 0 radical (unpaired) electrons. The summed E-state index contributed by atoms with van der Waals surface area (Å²) in [6.45, 7) is 0. The third-order valence-electron chi connectivity index (χ3n) is 3.31. The van der Waals surface area contributed by atoms with Gasteiger partial charge >= 0.3 is 6.18 Å². The molecule has 2 fully saturated rings. The zero-order chi connectivity index (χ0) is 11.3. The van der Waals surface area contributed by atoms with Crippen LogP contribution in [0.4, 0.5) is 13.2 Å². The largest absolute Gasteiger partial charge is 0.455 e. The van der Waals surface area contributed by atoms with Crippen LogP contribution in [0.2, 0.25) is 0 Å². The monoisotopic (exact) mass is 233 g/mol. The highest BCUT2D eigenvalue weighted by Gasteiger charge is 2.44. The van der Waals surface area contributed by atoms with Crippen LogP contribution >= 0.6 is 0 Å². The molecule has 1 N–H and O–H groups in total. The van der Waals surface area contributed by atoms with Gasteiger partial charge in [-0.15, -0.1) is 0 Å². The van der Waals surface area contributed by atoms with Crippen LogP contribution in [0.1, 0.15) is 36.9 Å². The Morgan fingerprint density at radius 3 is 2.62 bits per heavy atom. The second-order valence-corrected chi connectivity index (χ2v) is 4.34. The Morgan fingerprint density at radius 2 is 2.12 bits per heavy atom. The van der Waals surface area contributed by atoms with Crippen LogP contribution in [0.5, 0.6) is 0 Å². The summed E-state index contributed by atoms with van der Waals surface area (Å²) in [6.07, 6.45) is -1.67. The van der Waals surface area contributed by atoms with Crippen molar-refractivity contribution in [2.24, 2.45) is 0 Å². The molecular formula is C9H10F3N3O. The van der Waals surface area contributed by atoms with E-state index in [0.29, 0.717) is 6.04 Å². The lowest BCUT2D eigenvalue weighted by atomic mass is 9.89. The number of hydrogen-bond donors (Lipinski definition) is 1. The molecule has 0 aromatic carbocycles. The Bertz CT molecular complexity index is 403. The van der Waals surface area contributed by atoms with E-state index < -0.39 is 12.0 Å². The fraction of sp³-hybridized carbons (Fsp3) is 0.778. The summed E-state index contributed by atoms with van der Waals surface area (Å²) in [5.41, 5.74) is 0. The Morgan fingerprint density at radius 1 is 1.31 bits per heavy atom. The second-order valence-electron chi connectivity index (χ2n) is 4.34. The molecule has 3 heterocycles. The maximum atomic E-state index is 12.3. The molecule has 4 nitrogen and oxygen atoms in total. The molecule has 2 aliphatic rings. The molecule has 3 rings (SSSR count). The Kier molecular flexibility index (Phi) is 2.01. The maximum absolute atomic E-state index is 12.3. The average molecular weight is 233 g/mol. The molecule has 0 spiro atoms. The van der Waals surface area contributed by atoms with Crippen LogP contribution in [0.3, 0.4) is 0 Å². The molecule has 2 saturated heterocycles. The minimum atomic E-state index is -4.52. The van der Waals surface area contributed by atoms with E-state index in [2.05, 4.69) is 15.5 Å². The number of nitrogens with zero attached hydrogens (tertiary/aromatic N) is 2. The molecule has 1 aromatic heterocycles. The van der Waals surface area contributed by atoms with Crippen molar-refractivity contribution in [3.63, 3.8) is 0 Å². The summed E-state index contributed by atoms with van der Waals surface area (Å²) in [7, 11) is 0. The zero-order valence-corrected chi connectivity index (χ0v) is 8.29. The molecule has 16 heavy (non-hydrogen) atoms. The first kappa shape index (κ1) is 10.1. The van der Waals surface area contributed by atoms with E-state index in [4.69, 9.17) is 4.52 Å². The predicted molar refractivity (Wildman–Crippen MR) is 46.6 cm³/mol. The fourth-order valence-electron chi connectivity index (χ4n) is 2.60. The number of halogens is 3. The lowest BCUT2D eigenvalue weighted by Gasteiger charge is -2.15. The zero-order valence-electron chi connectivity index (χ0n) is 8.29. The van der Waals surface area contributed by atoms with E-state index in [1.54, 1.807) is 0 Å². The predicted octanol–water partition coefficient (Wildman–Crippen LogP) is 1.70. The number of nitrogens with one attached hydrogen (secondary N) is 1. The lowest BCUT2D eigenvalue weighted by molar-refractivity contribution is -0.146. The maximum Gasteiger partial charge on any atom is 0.455 e. The third kappa shape index (κ3) is 1.50. The highest BCUT2D eigenvalue weighted by molar-refractivity contribution is 5.10. The van der Waals surface area contributed by atoms with Gasteiger partial charge in [-0.2, -0.15) is 18.2 Å². The Balaban J connectivity index is 1.83. The molecular weight excluding hydrogens is 223 g/mol. The van der Waals surface area contributed by atoms with Crippen LogP contribution < -0.4 is 5.32 Å². The van der Waals surface area contributed by atoms with Crippen LogP contribution in [0.15, 0.2) is 4.52 Å². The second kappa shape index (κ2) is 3.19. The van der Waals surface area contributed by atoms with Crippen molar-refractivity contribution in [3.05, 3.63) is 11.7 Å². The van der Waals surface area contributed by atoms with Gasteiger partial charge in [0.15, 0.2) is 0 Å². The van der Waals surface area contributed by atoms with E-state index in [1.807, 2.05) is 0 Å². The number of alkyl halides is 3. The van der Waals surface area contributed by atoms with E-state index in [0.717, 1.165) is 19.3 Å². The van der Waals surface area contributed by atoms with E-state index in [-0.39, 0.29) is 17.9 Å². The summed E-state index contributed by atoms with van der Waals surface area (Å²) in [6, 6.07) is 0.600. The van der Waals surface area contributed by atoms with E-state index in [9.17, 15) is 13.2 Å². The van der Waals surface area contributed by atoms with Gasteiger partial charge in [-0.05, 0) is 19.3 Å². The molecule has 2 aliphatic heterocycles. The first-order valence-corrected chi connectivity index (χ1v) is 5.21. The quantitative estimate of drug-likeness (QED) is 0.802. The first-order chi connectivity index (χ1) is 7.54. The summed E-state index contributed by atoms with van der Waals surface area (Å²) in [5, 5.41) is 6.29. The lowest BCUT2D eigenvalue weighted by Crippen LogP contribution is -2.21. The Hall–Kier alpha value is -1.11. The van der Waals surface area contributed by atoms with Gasteiger partial charge in [0.05, 0.1) is 5.92 Å². The van der Waals surface area contributed by atoms with Gasteiger partial charge in [0, 0.05) is 12.1 Å². The van der Waals surface area contributed by atoms with Gasteiger partial charge in [-0.25, -0.2) is 0 Å². The van der Waals surface area contributed by atoms with E-state index >= 15 is 0 Å². The van der Waals surface area contributed by atoms with Crippen molar-refractivity contribution < 1.29 is 17.7 Å². The van der Waals surface area contributed by atoms with Crippen molar-refractivity contribution in [1.82, 2.24) is 15.5 Å². The molecule has 0 aliphatic carbocycles. The van der Waals surface area contributed by atoms with Crippen molar-refractivity contribution in [1.29, 1.82) is 0 Å². The smallest absolute Gasteiger partial charge is 0.339 e. The normalized spacial score (nSPS) is 33.6. The highest BCUT2D eigenvalue weighted by atomic mass is 19.4. The van der Waals surface area contributed by atoms with Crippen LogP contribution in [0.25, 0.3) is 0 Å². The number of aromatic nitrogens is 2. The van der Waals surface area contributed by atoms with Crippen molar-refractivity contribution >= 4 is 0 Å². The van der Waals surface area contributed by atoms with Gasteiger partial charge in [0.2, 0.25) is 5.89 Å². The van der Waals surface area contributed by atoms with Crippen molar-refractivity contribution in [2.45, 2.75) is 43.4 Å². The standard InChI is InChI=1S/C9H10F3N3O/c10-9(11,12)8-14-7(16-15-8)5-3-4-1-2-6(5)13-4/h4-6,13H,1-3H2. The SMILES string of the molecule is FC(F)(F)c1noc(C2CC3CCC2N3)n1. The van der Waals surface area contributed by atoms with Gasteiger partial charge in [-0.3, -0.25) is 0 Å². The van der Waals surface area contributed by atoms with Crippen molar-refractivity contribution in [3.8, 4) is 0 Å². The van der Waals surface area contributed by atoms with Gasteiger partial charge in [0.25, 0.3) is 5.82 Å². The minimum Gasteiger partial charge on any atom is -0.339 e. The molecule has 88 valence electrons. The molecule has 0 amide bonds. The van der Waals surface area contributed by atoms with Crippen LogP contribution in [-0.2, 0) is 6.18 Å². The van der Waals surface area contributed by atoms with Crippen LogP contribution in [-0.4, -0.2) is 22.2 Å². The van der Waals surface area contributed by atoms with Gasteiger partial charge in [0.1, 0.15) is 0 Å². The molecule has 0 saturated carbocycles. The van der Waals surface area contributed by atoms with Crippen molar-refractivity contribution in [2.75, 3.05) is 0 Å². The Labute approximate surface area is 89.2 Å². The minimum absolute atomic E-state index is 0.0534. The number of rotatable bonds is 1. The average Bonchev–Trinajstić information content (AvgIpc) is 2.92.